The lowest BCUT2D eigenvalue weighted by atomic mass is 9.99. The van der Waals surface area contributed by atoms with Crippen molar-refractivity contribution < 1.29 is 19.1 Å². The van der Waals surface area contributed by atoms with Gasteiger partial charge in [0.15, 0.2) is 0 Å². The third kappa shape index (κ3) is 3.17. The Balaban J connectivity index is 1.48. The standard InChI is InChI=1S/C16H18N2O4/c19-14(9-18-15(20)5-6-16(18)21)17-8-13-7-11-3-1-2-4-12(11)10-22-13/h1-4,13H,5-10H2,(H,17,19). The number of benzene rings is 1. The number of ether oxygens (including phenoxy) is 1. The van der Waals surface area contributed by atoms with E-state index in [0.29, 0.717) is 13.2 Å². The Morgan fingerprint density at radius 1 is 1.18 bits per heavy atom. The van der Waals surface area contributed by atoms with E-state index in [1.54, 1.807) is 0 Å². The third-order valence-corrected chi connectivity index (χ3v) is 4.02. The SMILES string of the molecule is O=C(CN1C(=O)CCC1=O)NCC1Cc2ccccc2CO1. The summed E-state index contributed by atoms with van der Waals surface area (Å²) in [6.45, 7) is 0.726. The lowest BCUT2D eigenvalue weighted by Gasteiger charge is -2.25. The van der Waals surface area contributed by atoms with Gasteiger partial charge in [-0.25, -0.2) is 0 Å². The second-order valence-electron chi connectivity index (χ2n) is 5.58. The van der Waals surface area contributed by atoms with Gasteiger partial charge in [-0.1, -0.05) is 24.3 Å². The van der Waals surface area contributed by atoms with Crippen molar-refractivity contribution in [2.45, 2.75) is 32.0 Å². The van der Waals surface area contributed by atoms with Crippen molar-refractivity contribution in [2.75, 3.05) is 13.1 Å². The van der Waals surface area contributed by atoms with Gasteiger partial charge < -0.3 is 10.1 Å². The molecule has 1 unspecified atom stereocenters. The first-order chi connectivity index (χ1) is 10.6. The molecule has 0 saturated carbocycles. The summed E-state index contributed by atoms with van der Waals surface area (Å²) in [6, 6.07) is 8.07. The molecule has 1 aromatic carbocycles. The molecule has 3 amide bonds. The molecule has 6 heteroatoms. The van der Waals surface area contributed by atoms with Crippen LogP contribution < -0.4 is 5.32 Å². The Morgan fingerprint density at radius 3 is 2.59 bits per heavy atom. The lowest BCUT2D eigenvalue weighted by Crippen LogP contribution is -2.43. The number of imide groups is 1. The first kappa shape index (κ1) is 14.7. The number of carbonyl (C=O) groups is 3. The zero-order chi connectivity index (χ0) is 15.5. The number of hydrogen-bond acceptors (Lipinski definition) is 4. The van der Waals surface area contributed by atoms with Gasteiger partial charge in [0.1, 0.15) is 6.54 Å². The van der Waals surface area contributed by atoms with Gasteiger partial charge >= 0.3 is 0 Å². The van der Waals surface area contributed by atoms with E-state index in [0.717, 1.165) is 11.3 Å². The number of nitrogens with one attached hydrogen (secondary N) is 1. The van der Waals surface area contributed by atoms with E-state index in [2.05, 4.69) is 11.4 Å². The van der Waals surface area contributed by atoms with Crippen LogP contribution in [0.4, 0.5) is 0 Å². The molecule has 22 heavy (non-hydrogen) atoms. The van der Waals surface area contributed by atoms with Crippen LogP contribution in [0, 0.1) is 0 Å². The summed E-state index contributed by atoms with van der Waals surface area (Å²) in [5.74, 6) is -0.878. The third-order valence-electron chi connectivity index (χ3n) is 4.02. The van der Waals surface area contributed by atoms with Gasteiger partial charge in [0, 0.05) is 25.8 Å². The highest BCUT2D eigenvalue weighted by Crippen LogP contribution is 2.19. The number of hydrogen-bond donors (Lipinski definition) is 1. The summed E-state index contributed by atoms with van der Waals surface area (Å²) < 4.78 is 5.70. The van der Waals surface area contributed by atoms with E-state index >= 15 is 0 Å². The van der Waals surface area contributed by atoms with Crippen molar-refractivity contribution in [3.8, 4) is 0 Å². The van der Waals surface area contributed by atoms with E-state index in [1.165, 1.54) is 11.1 Å². The molecular weight excluding hydrogens is 284 g/mol. The molecule has 116 valence electrons. The minimum absolute atomic E-state index is 0.0798. The Kier molecular flexibility index (Phi) is 4.20. The van der Waals surface area contributed by atoms with Crippen molar-refractivity contribution in [3.05, 3.63) is 35.4 Å². The fourth-order valence-electron chi connectivity index (χ4n) is 2.77. The molecule has 2 aliphatic rings. The predicted molar refractivity (Wildman–Crippen MR) is 77.7 cm³/mol. The molecule has 2 heterocycles. The van der Waals surface area contributed by atoms with Crippen LogP contribution in [-0.4, -0.2) is 41.8 Å². The van der Waals surface area contributed by atoms with E-state index in [-0.39, 0.29) is 43.2 Å². The molecule has 1 aromatic rings. The molecule has 3 rings (SSSR count). The number of likely N-dealkylation sites (tertiary alicyclic amines) is 1. The quantitative estimate of drug-likeness (QED) is 0.817. The molecule has 6 nitrogen and oxygen atoms in total. The summed E-state index contributed by atoms with van der Waals surface area (Å²) in [7, 11) is 0. The van der Waals surface area contributed by atoms with E-state index in [1.807, 2.05) is 18.2 Å². The molecule has 0 spiro atoms. The highest BCUT2D eigenvalue weighted by Gasteiger charge is 2.30. The smallest absolute Gasteiger partial charge is 0.240 e. The minimum atomic E-state index is -0.328. The van der Waals surface area contributed by atoms with E-state index < -0.39 is 0 Å². The van der Waals surface area contributed by atoms with Crippen LogP contribution in [0.5, 0.6) is 0 Å². The van der Waals surface area contributed by atoms with Crippen molar-refractivity contribution in [1.29, 1.82) is 0 Å². The highest BCUT2D eigenvalue weighted by atomic mass is 16.5. The summed E-state index contributed by atoms with van der Waals surface area (Å²) in [4.78, 5) is 35.8. The normalized spacial score (nSPS) is 20.9. The summed E-state index contributed by atoms with van der Waals surface area (Å²) in [6.07, 6.45) is 1.07. The second kappa shape index (κ2) is 6.27. The Labute approximate surface area is 128 Å². The maximum absolute atomic E-state index is 11.9. The topological polar surface area (TPSA) is 75.7 Å². The predicted octanol–water partition coefficient (Wildman–Crippen LogP) is 0.393. The van der Waals surface area contributed by atoms with Crippen LogP contribution in [-0.2, 0) is 32.1 Å². The Bertz CT molecular complexity index is 598. The first-order valence-corrected chi connectivity index (χ1v) is 7.42. The molecule has 1 atom stereocenters. The largest absolute Gasteiger partial charge is 0.371 e. The van der Waals surface area contributed by atoms with Crippen LogP contribution in [0.3, 0.4) is 0 Å². The zero-order valence-corrected chi connectivity index (χ0v) is 12.2. The molecule has 0 aromatic heterocycles. The molecule has 1 fully saturated rings. The van der Waals surface area contributed by atoms with Gasteiger partial charge in [-0.05, 0) is 11.1 Å². The second-order valence-corrected chi connectivity index (χ2v) is 5.58. The number of fused-ring (bicyclic) bond motifs is 1. The average Bonchev–Trinajstić information content (AvgIpc) is 2.84. The number of carbonyl (C=O) groups excluding carboxylic acids is 3. The number of nitrogens with zero attached hydrogens (tertiary/aromatic N) is 1. The van der Waals surface area contributed by atoms with Crippen LogP contribution in [0.15, 0.2) is 24.3 Å². The molecule has 1 N–H and O–H groups in total. The lowest BCUT2D eigenvalue weighted by molar-refractivity contribution is -0.142. The summed E-state index contributed by atoms with van der Waals surface area (Å²) in [5.41, 5.74) is 2.41. The van der Waals surface area contributed by atoms with Crippen LogP contribution in [0.25, 0.3) is 0 Å². The van der Waals surface area contributed by atoms with Gasteiger partial charge in [0.05, 0.1) is 12.7 Å². The monoisotopic (exact) mass is 302 g/mol. The number of rotatable bonds is 4. The summed E-state index contributed by atoms with van der Waals surface area (Å²) >= 11 is 0. The van der Waals surface area contributed by atoms with Gasteiger partial charge in [-0.2, -0.15) is 0 Å². The van der Waals surface area contributed by atoms with Gasteiger partial charge in [0.25, 0.3) is 0 Å². The van der Waals surface area contributed by atoms with Gasteiger partial charge in [0.2, 0.25) is 17.7 Å². The maximum atomic E-state index is 11.9. The molecule has 2 aliphatic heterocycles. The van der Waals surface area contributed by atoms with Crippen LogP contribution >= 0.6 is 0 Å². The fourth-order valence-corrected chi connectivity index (χ4v) is 2.77. The summed E-state index contributed by atoms with van der Waals surface area (Å²) in [5, 5.41) is 2.74. The molecule has 0 bridgehead atoms. The Hall–Kier alpha value is -2.21. The minimum Gasteiger partial charge on any atom is -0.371 e. The zero-order valence-electron chi connectivity index (χ0n) is 12.2. The van der Waals surface area contributed by atoms with E-state index in [9.17, 15) is 14.4 Å². The molecule has 0 aliphatic carbocycles. The van der Waals surface area contributed by atoms with Crippen molar-refractivity contribution in [2.24, 2.45) is 0 Å². The van der Waals surface area contributed by atoms with Crippen molar-refractivity contribution in [1.82, 2.24) is 10.2 Å². The van der Waals surface area contributed by atoms with Crippen molar-refractivity contribution >= 4 is 17.7 Å². The van der Waals surface area contributed by atoms with Gasteiger partial charge in [-0.15, -0.1) is 0 Å². The first-order valence-electron chi connectivity index (χ1n) is 7.42. The Morgan fingerprint density at radius 2 is 1.86 bits per heavy atom. The highest BCUT2D eigenvalue weighted by molar-refractivity contribution is 6.04. The number of amides is 3. The van der Waals surface area contributed by atoms with Crippen molar-refractivity contribution in [3.63, 3.8) is 0 Å². The average molecular weight is 302 g/mol. The molecule has 1 saturated heterocycles. The molecule has 0 radical (unpaired) electrons. The maximum Gasteiger partial charge on any atom is 0.240 e. The fraction of sp³-hybridized carbons (Fsp3) is 0.438. The molecular formula is C16H18N2O4. The van der Waals surface area contributed by atoms with Crippen LogP contribution in [0.2, 0.25) is 0 Å². The van der Waals surface area contributed by atoms with Gasteiger partial charge in [-0.3, -0.25) is 19.3 Å². The van der Waals surface area contributed by atoms with Crippen LogP contribution in [0.1, 0.15) is 24.0 Å². The van der Waals surface area contributed by atoms with E-state index in [4.69, 9.17) is 4.74 Å².